The lowest BCUT2D eigenvalue weighted by Gasteiger charge is -2.04. The quantitative estimate of drug-likeness (QED) is 0.591. The summed E-state index contributed by atoms with van der Waals surface area (Å²) >= 11 is 0. The lowest BCUT2D eigenvalue weighted by molar-refractivity contribution is 0.102. The summed E-state index contributed by atoms with van der Waals surface area (Å²) in [4.78, 5) is 12.9. The zero-order valence-electron chi connectivity index (χ0n) is 14.2. The second-order valence-corrected chi connectivity index (χ2v) is 5.85. The minimum Gasteiger partial charge on any atom is -0.321 e. The first-order valence-corrected chi connectivity index (χ1v) is 8.25. The molecule has 0 saturated carbocycles. The largest absolute Gasteiger partial charge is 0.321 e. The molecule has 0 fully saturated rings. The van der Waals surface area contributed by atoms with Gasteiger partial charge in [0.1, 0.15) is 0 Å². The van der Waals surface area contributed by atoms with Crippen LogP contribution in [0.15, 0.2) is 72.9 Å². The molecule has 0 atom stereocenters. The van der Waals surface area contributed by atoms with Crippen LogP contribution in [0.4, 0.5) is 5.69 Å². The molecule has 2 heterocycles. The van der Waals surface area contributed by atoms with Crippen LogP contribution in [0.25, 0.3) is 16.9 Å². The van der Waals surface area contributed by atoms with Crippen LogP contribution in [0.1, 0.15) is 16.2 Å². The van der Waals surface area contributed by atoms with Crippen molar-refractivity contribution >= 4 is 11.6 Å². The highest BCUT2D eigenvalue weighted by atomic mass is 16.2. The van der Waals surface area contributed by atoms with Crippen LogP contribution < -0.4 is 5.32 Å². The molecule has 0 spiro atoms. The SMILES string of the molecule is Cc1c(-c2ccn[nH]2)c(C(=O)Nc2ccccc2)nn1-c1ccccc1. The Balaban J connectivity index is 1.81. The van der Waals surface area contributed by atoms with Gasteiger partial charge >= 0.3 is 0 Å². The monoisotopic (exact) mass is 343 g/mol. The number of amides is 1. The zero-order chi connectivity index (χ0) is 17.9. The topological polar surface area (TPSA) is 75.6 Å². The van der Waals surface area contributed by atoms with E-state index in [4.69, 9.17) is 0 Å². The number of H-pyrrole nitrogens is 1. The molecule has 2 aromatic carbocycles. The Labute approximate surface area is 150 Å². The van der Waals surface area contributed by atoms with Gasteiger partial charge in [-0.25, -0.2) is 4.68 Å². The van der Waals surface area contributed by atoms with Crippen LogP contribution >= 0.6 is 0 Å². The molecule has 0 radical (unpaired) electrons. The molecule has 2 aromatic heterocycles. The summed E-state index contributed by atoms with van der Waals surface area (Å²) in [6, 6.07) is 20.9. The number of aromatic nitrogens is 4. The Morgan fingerprint density at radius 2 is 1.69 bits per heavy atom. The Morgan fingerprint density at radius 3 is 2.35 bits per heavy atom. The van der Waals surface area contributed by atoms with Gasteiger partial charge in [-0.3, -0.25) is 9.89 Å². The number of anilines is 1. The van der Waals surface area contributed by atoms with Crippen LogP contribution in [0.3, 0.4) is 0 Å². The van der Waals surface area contributed by atoms with Gasteiger partial charge in [0, 0.05) is 11.9 Å². The van der Waals surface area contributed by atoms with E-state index in [1.165, 1.54) is 0 Å². The predicted octanol–water partition coefficient (Wildman–Crippen LogP) is 3.82. The highest BCUT2D eigenvalue weighted by Gasteiger charge is 2.23. The molecule has 6 nitrogen and oxygen atoms in total. The van der Waals surface area contributed by atoms with Crippen molar-refractivity contribution in [2.45, 2.75) is 6.92 Å². The number of benzene rings is 2. The van der Waals surface area contributed by atoms with Gasteiger partial charge in [-0.1, -0.05) is 36.4 Å². The van der Waals surface area contributed by atoms with E-state index in [-0.39, 0.29) is 5.91 Å². The molecular formula is C20H17N5O. The van der Waals surface area contributed by atoms with Gasteiger partial charge < -0.3 is 5.32 Å². The van der Waals surface area contributed by atoms with E-state index in [9.17, 15) is 4.79 Å². The van der Waals surface area contributed by atoms with Gasteiger partial charge in [0.25, 0.3) is 5.91 Å². The minimum atomic E-state index is -0.265. The van der Waals surface area contributed by atoms with Gasteiger partial charge in [0.2, 0.25) is 0 Å². The maximum Gasteiger partial charge on any atom is 0.276 e. The van der Waals surface area contributed by atoms with E-state index in [2.05, 4.69) is 20.6 Å². The summed E-state index contributed by atoms with van der Waals surface area (Å²) in [5, 5.41) is 14.4. The molecular weight excluding hydrogens is 326 g/mol. The summed E-state index contributed by atoms with van der Waals surface area (Å²) in [6.45, 7) is 1.94. The number of carbonyl (C=O) groups excluding carboxylic acids is 1. The van der Waals surface area contributed by atoms with E-state index in [0.29, 0.717) is 5.69 Å². The van der Waals surface area contributed by atoms with Crippen molar-refractivity contribution in [1.29, 1.82) is 0 Å². The van der Waals surface area contributed by atoms with Gasteiger partial charge in [0.05, 0.1) is 22.6 Å². The Morgan fingerprint density at radius 1 is 1.00 bits per heavy atom. The maximum atomic E-state index is 12.9. The normalized spacial score (nSPS) is 10.7. The molecule has 4 rings (SSSR count). The fourth-order valence-electron chi connectivity index (χ4n) is 2.91. The summed E-state index contributed by atoms with van der Waals surface area (Å²) in [6.07, 6.45) is 1.66. The number of aromatic amines is 1. The van der Waals surface area contributed by atoms with Crippen molar-refractivity contribution in [2.75, 3.05) is 5.32 Å². The maximum absolute atomic E-state index is 12.9. The Hall–Kier alpha value is -3.67. The van der Waals surface area contributed by atoms with Crippen molar-refractivity contribution < 1.29 is 4.79 Å². The molecule has 0 bridgehead atoms. The third-order valence-corrected chi connectivity index (χ3v) is 4.13. The fourth-order valence-corrected chi connectivity index (χ4v) is 2.91. The van der Waals surface area contributed by atoms with E-state index in [0.717, 1.165) is 28.3 Å². The first kappa shape index (κ1) is 15.8. The number of hydrogen-bond acceptors (Lipinski definition) is 3. The Kier molecular flexibility index (Phi) is 4.07. The highest BCUT2D eigenvalue weighted by Crippen LogP contribution is 2.28. The molecule has 26 heavy (non-hydrogen) atoms. The summed E-state index contributed by atoms with van der Waals surface area (Å²) in [5.41, 5.74) is 4.31. The lowest BCUT2D eigenvalue weighted by atomic mass is 10.1. The number of para-hydroxylation sites is 2. The molecule has 0 aliphatic carbocycles. The van der Waals surface area contributed by atoms with Gasteiger partial charge in [-0.15, -0.1) is 0 Å². The predicted molar refractivity (Wildman–Crippen MR) is 100 cm³/mol. The number of nitrogens with zero attached hydrogens (tertiary/aromatic N) is 3. The van der Waals surface area contributed by atoms with Gasteiger partial charge in [-0.05, 0) is 37.3 Å². The summed E-state index contributed by atoms with van der Waals surface area (Å²) in [5.74, 6) is -0.265. The van der Waals surface area contributed by atoms with E-state index in [1.807, 2.05) is 73.7 Å². The third kappa shape index (κ3) is 2.88. The standard InChI is InChI=1S/C20H17N5O/c1-14-18(17-12-13-21-23-17)19(20(26)22-15-8-4-2-5-9-15)24-25(14)16-10-6-3-7-11-16/h2-13H,1H3,(H,21,23)(H,22,26). The molecule has 0 aliphatic rings. The van der Waals surface area contributed by atoms with Crippen LogP contribution in [0, 0.1) is 6.92 Å². The number of hydrogen-bond donors (Lipinski definition) is 2. The molecule has 4 aromatic rings. The minimum absolute atomic E-state index is 0.265. The first-order valence-electron chi connectivity index (χ1n) is 8.25. The molecule has 128 valence electrons. The third-order valence-electron chi connectivity index (χ3n) is 4.13. The molecule has 1 amide bonds. The van der Waals surface area contributed by atoms with Crippen molar-refractivity contribution in [3.63, 3.8) is 0 Å². The summed E-state index contributed by atoms with van der Waals surface area (Å²) in [7, 11) is 0. The molecule has 6 heteroatoms. The van der Waals surface area contributed by atoms with E-state index >= 15 is 0 Å². The second kappa shape index (κ2) is 6.68. The number of nitrogens with one attached hydrogen (secondary N) is 2. The molecule has 0 aliphatic heterocycles. The van der Waals surface area contributed by atoms with E-state index in [1.54, 1.807) is 10.9 Å². The molecule has 0 unspecified atom stereocenters. The second-order valence-electron chi connectivity index (χ2n) is 5.85. The summed E-state index contributed by atoms with van der Waals surface area (Å²) < 4.78 is 1.77. The lowest BCUT2D eigenvalue weighted by Crippen LogP contribution is -2.14. The first-order chi connectivity index (χ1) is 12.7. The van der Waals surface area contributed by atoms with Gasteiger partial charge in [0.15, 0.2) is 5.69 Å². The van der Waals surface area contributed by atoms with Crippen LogP contribution in [-0.4, -0.2) is 25.9 Å². The zero-order valence-corrected chi connectivity index (χ0v) is 14.2. The van der Waals surface area contributed by atoms with Crippen molar-refractivity contribution in [2.24, 2.45) is 0 Å². The number of carbonyl (C=O) groups is 1. The van der Waals surface area contributed by atoms with Crippen LogP contribution in [0.5, 0.6) is 0 Å². The average molecular weight is 343 g/mol. The fraction of sp³-hybridized carbons (Fsp3) is 0.0500. The number of rotatable bonds is 4. The van der Waals surface area contributed by atoms with Crippen molar-refractivity contribution in [1.82, 2.24) is 20.0 Å². The highest BCUT2D eigenvalue weighted by molar-refractivity contribution is 6.07. The van der Waals surface area contributed by atoms with Crippen molar-refractivity contribution in [3.8, 4) is 16.9 Å². The van der Waals surface area contributed by atoms with Gasteiger partial charge in [-0.2, -0.15) is 10.2 Å². The molecule has 0 saturated heterocycles. The van der Waals surface area contributed by atoms with Crippen molar-refractivity contribution in [3.05, 3.63) is 84.3 Å². The Bertz CT molecular complexity index is 1020. The average Bonchev–Trinajstić information content (AvgIpc) is 3.31. The smallest absolute Gasteiger partial charge is 0.276 e. The molecule has 2 N–H and O–H groups in total. The van der Waals surface area contributed by atoms with E-state index < -0.39 is 0 Å². The van der Waals surface area contributed by atoms with Crippen LogP contribution in [0.2, 0.25) is 0 Å². The van der Waals surface area contributed by atoms with Crippen LogP contribution in [-0.2, 0) is 0 Å².